The standard InChI is InChI=1S/C32H43N5O4S/c1-20(2)24-17-37(28-26(38)18-41-29(24)28)31(40)27(22-7-5-4-6-8-22)34-30(39)23-11-9-21(10-12-23)25-19-42-32(33-25)36-15-13-35(3)14-16-36/h9-12,19-20,22,24,27-29H,4-8,13-18H2,1-3H3,(H,34,39)/t24-,27+,28-,29-/m1/s1. The molecule has 9 nitrogen and oxygen atoms in total. The van der Waals surface area contributed by atoms with E-state index in [4.69, 9.17) is 9.72 Å². The number of nitrogens with one attached hydrogen (secondary N) is 1. The van der Waals surface area contributed by atoms with Gasteiger partial charge in [0.05, 0.1) is 11.8 Å². The molecule has 1 aromatic carbocycles. The molecule has 4 fully saturated rings. The number of thiazole rings is 1. The predicted molar refractivity (Wildman–Crippen MR) is 164 cm³/mol. The number of amides is 2. The van der Waals surface area contributed by atoms with Crippen molar-refractivity contribution in [2.75, 3.05) is 51.3 Å². The van der Waals surface area contributed by atoms with Crippen molar-refractivity contribution in [2.45, 2.75) is 64.1 Å². The molecule has 6 rings (SSSR count). The molecule has 0 unspecified atom stereocenters. The summed E-state index contributed by atoms with van der Waals surface area (Å²) in [6, 6.07) is 6.31. The smallest absolute Gasteiger partial charge is 0.251 e. The summed E-state index contributed by atoms with van der Waals surface area (Å²) in [5.41, 5.74) is 2.38. The molecule has 3 saturated heterocycles. The van der Waals surface area contributed by atoms with Crippen molar-refractivity contribution in [1.82, 2.24) is 20.1 Å². The Bertz CT molecular complexity index is 1280. The molecule has 226 valence electrons. The quantitative estimate of drug-likeness (QED) is 0.523. The molecule has 1 saturated carbocycles. The van der Waals surface area contributed by atoms with Crippen LogP contribution >= 0.6 is 11.3 Å². The number of ketones is 1. The molecule has 1 aromatic heterocycles. The molecule has 3 aliphatic heterocycles. The van der Waals surface area contributed by atoms with E-state index in [0.29, 0.717) is 12.1 Å². The molecule has 10 heteroatoms. The van der Waals surface area contributed by atoms with Crippen molar-refractivity contribution in [3.8, 4) is 11.3 Å². The molecule has 42 heavy (non-hydrogen) atoms. The number of anilines is 1. The van der Waals surface area contributed by atoms with Gasteiger partial charge in [-0.15, -0.1) is 11.3 Å². The molecule has 0 bridgehead atoms. The highest BCUT2D eigenvalue weighted by atomic mass is 32.1. The van der Waals surface area contributed by atoms with Gasteiger partial charge in [0.2, 0.25) is 5.91 Å². The van der Waals surface area contributed by atoms with Crippen LogP contribution in [0.1, 0.15) is 56.3 Å². The van der Waals surface area contributed by atoms with Gasteiger partial charge in [-0.2, -0.15) is 0 Å². The summed E-state index contributed by atoms with van der Waals surface area (Å²) in [7, 11) is 2.14. The van der Waals surface area contributed by atoms with Crippen molar-refractivity contribution in [3.05, 3.63) is 35.2 Å². The Kier molecular flexibility index (Phi) is 8.65. The maximum Gasteiger partial charge on any atom is 0.251 e. The maximum atomic E-state index is 14.1. The highest BCUT2D eigenvalue weighted by Crippen LogP contribution is 2.37. The van der Waals surface area contributed by atoms with Crippen LogP contribution in [-0.2, 0) is 14.3 Å². The molecule has 4 atom stereocenters. The van der Waals surface area contributed by atoms with E-state index in [-0.39, 0.29) is 48.1 Å². The van der Waals surface area contributed by atoms with E-state index in [2.05, 4.69) is 41.4 Å². The second-order valence-corrected chi connectivity index (χ2v) is 13.7. The van der Waals surface area contributed by atoms with Gasteiger partial charge in [-0.05, 0) is 43.9 Å². The Labute approximate surface area is 252 Å². The first-order valence-corrected chi connectivity index (χ1v) is 16.4. The van der Waals surface area contributed by atoms with Gasteiger partial charge >= 0.3 is 0 Å². The number of ether oxygens (including phenoxy) is 1. The van der Waals surface area contributed by atoms with Gasteiger partial charge in [0.1, 0.15) is 18.7 Å². The lowest BCUT2D eigenvalue weighted by Crippen LogP contribution is -2.55. The fraction of sp³-hybridized carbons (Fsp3) is 0.625. The van der Waals surface area contributed by atoms with Gasteiger partial charge in [-0.1, -0.05) is 45.2 Å². The second-order valence-electron chi connectivity index (χ2n) is 12.8. The number of rotatable bonds is 7. The molecule has 1 N–H and O–H groups in total. The van der Waals surface area contributed by atoms with Gasteiger partial charge < -0.3 is 24.8 Å². The van der Waals surface area contributed by atoms with Crippen LogP contribution in [0.4, 0.5) is 5.13 Å². The lowest BCUT2D eigenvalue weighted by Gasteiger charge is -2.34. The molecule has 4 heterocycles. The summed E-state index contributed by atoms with van der Waals surface area (Å²) in [5, 5.41) is 6.22. The lowest BCUT2D eigenvalue weighted by molar-refractivity contribution is -0.139. The number of aromatic nitrogens is 1. The van der Waals surface area contributed by atoms with Crippen LogP contribution in [0.3, 0.4) is 0 Å². The minimum Gasteiger partial charge on any atom is -0.367 e. The Morgan fingerprint density at radius 2 is 1.76 bits per heavy atom. The van der Waals surface area contributed by atoms with Gasteiger partial charge in [-0.3, -0.25) is 14.4 Å². The number of hydrogen-bond acceptors (Lipinski definition) is 8. The van der Waals surface area contributed by atoms with E-state index >= 15 is 0 Å². The van der Waals surface area contributed by atoms with Gasteiger partial charge in [0.15, 0.2) is 10.9 Å². The zero-order valence-corrected chi connectivity index (χ0v) is 25.8. The number of Topliss-reactive ketones (excluding diaryl/α,β-unsaturated/α-hetero) is 1. The van der Waals surface area contributed by atoms with Crippen molar-refractivity contribution in [1.29, 1.82) is 0 Å². The summed E-state index contributed by atoms with van der Waals surface area (Å²) >= 11 is 1.65. The highest BCUT2D eigenvalue weighted by Gasteiger charge is 2.54. The van der Waals surface area contributed by atoms with Crippen molar-refractivity contribution < 1.29 is 19.1 Å². The van der Waals surface area contributed by atoms with Crippen LogP contribution in [0.15, 0.2) is 29.6 Å². The summed E-state index contributed by atoms with van der Waals surface area (Å²) < 4.78 is 5.87. The van der Waals surface area contributed by atoms with Crippen LogP contribution < -0.4 is 10.2 Å². The van der Waals surface area contributed by atoms with Crippen LogP contribution in [0, 0.1) is 17.8 Å². The fourth-order valence-electron chi connectivity index (χ4n) is 7.09. The molecule has 0 radical (unpaired) electrons. The Morgan fingerprint density at radius 1 is 1.05 bits per heavy atom. The topological polar surface area (TPSA) is 95.1 Å². The predicted octanol–water partition coefficient (Wildman–Crippen LogP) is 3.69. The van der Waals surface area contributed by atoms with Gasteiger partial charge in [0, 0.05) is 55.1 Å². The van der Waals surface area contributed by atoms with Crippen molar-refractivity contribution in [2.24, 2.45) is 17.8 Å². The zero-order chi connectivity index (χ0) is 29.4. The monoisotopic (exact) mass is 593 g/mol. The number of carbonyl (C=O) groups excluding carboxylic acids is 3. The molecule has 1 aliphatic carbocycles. The average Bonchev–Trinajstić information content (AvgIpc) is 3.74. The maximum absolute atomic E-state index is 14.1. The second kappa shape index (κ2) is 12.4. The van der Waals surface area contributed by atoms with E-state index < -0.39 is 12.1 Å². The number of piperazine rings is 1. The highest BCUT2D eigenvalue weighted by molar-refractivity contribution is 7.14. The number of hydrogen-bond donors (Lipinski definition) is 1. The first-order valence-electron chi connectivity index (χ1n) is 15.5. The first-order chi connectivity index (χ1) is 20.3. The molecular formula is C32H43N5O4S. The largest absolute Gasteiger partial charge is 0.367 e. The third-order valence-electron chi connectivity index (χ3n) is 9.75. The lowest BCUT2D eigenvalue weighted by atomic mass is 9.83. The third-order valence-corrected chi connectivity index (χ3v) is 10.6. The minimum atomic E-state index is -0.651. The Balaban J connectivity index is 1.17. The number of nitrogens with zero attached hydrogens (tertiary/aromatic N) is 4. The third kappa shape index (κ3) is 5.85. The molecule has 2 aromatic rings. The van der Waals surface area contributed by atoms with E-state index in [1.807, 2.05) is 24.3 Å². The number of likely N-dealkylation sites (tertiary alicyclic amines) is 1. The SMILES string of the molecule is CC(C)[C@H]1CN(C(=O)[C@@H](NC(=O)c2ccc(-c3csc(N4CCN(C)CC4)n3)cc2)C2CCCCC2)[C@@H]2C(=O)CO[C@H]12. The minimum absolute atomic E-state index is 0.0290. The van der Waals surface area contributed by atoms with E-state index in [0.717, 1.165) is 74.7 Å². The van der Waals surface area contributed by atoms with Crippen molar-refractivity contribution >= 4 is 34.1 Å². The van der Waals surface area contributed by atoms with E-state index in [9.17, 15) is 14.4 Å². The zero-order valence-electron chi connectivity index (χ0n) is 25.0. The van der Waals surface area contributed by atoms with Crippen LogP contribution in [0.25, 0.3) is 11.3 Å². The summed E-state index contributed by atoms with van der Waals surface area (Å²) in [6.07, 6.45) is 4.79. The fourth-order valence-corrected chi connectivity index (χ4v) is 7.98. The molecular weight excluding hydrogens is 550 g/mol. The van der Waals surface area contributed by atoms with Crippen LogP contribution in [0.5, 0.6) is 0 Å². The average molecular weight is 594 g/mol. The normalized spacial score (nSPS) is 26.1. The summed E-state index contributed by atoms with van der Waals surface area (Å²) in [5.74, 6) is 0.0424. The number of carbonyl (C=O) groups is 3. The number of fused-ring (bicyclic) bond motifs is 1. The first kappa shape index (κ1) is 29.3. The van der Waals surface area contributed by atoms with Crippen molar-refractivity contribution in [3.63, 3.8) is 0 Å². The summed E-state index contributed by atoms with van der Waals surface area (Å²) in [6.45, 7) is 8.80. The van der Waals surface area contributed by atoms with Crippen LogP contribution in [-0.4, -0.2) is 96.9 Å². The summed E-state index contributed by atoms with van der Waals surface area (Å²) in [4.78, 5) is 51.8. The Hall–Kier alpha value is -2.82. The van der Waals surface area contributed by atoms with Crippen LogP contribution in [0.2, 0.25) is 0 Å². The Morgan fingerprint density at radius 3 is 2.45 bits per heavy atom. The molecule has 4 aliphatic rings. The van der Waals surface area contributed by atoms with Gasteiger partial charge in [0.25, 0.3) is 5.91 Å². The molecule has 2 amide bonds. The van der Waals surface area contributed by atoms with E-state index in [1.54, 1.807) is 16.2 Å². The number of likely N-dealkylation sites (N-methyl/N-ethyl adjacent to an activating group) is 1. The number of benzene rings is 1. The molecule has 0 spiro atoms. The van der Waals surface area contributed by atoms with E-state index in [1.165, 1.54) is 0 Å². The van der Waals surface area contributed by atoms with Gasteiger partial charge in [-0.25, -0.2) is 4.98 Å².